The Morgan fingerprint density at radius 2 is 1.57 bits per heavy atom. The molecule has 1 saturated carbocycles. The summed E-state index contributed by atoms with van der Waals surface area (Å²) in [6, 6.07) is 19.9. The number of pyridine rings is 1. The lowest BCUT2D eigenvalue weighted by Crippen LogP contribution is -2.39. The van der Waals surface area contributed by atoms with Gasteiger partial charge in [0, 0.05) is 38.2 Å². The van der Waals surface area contributed by atoms with Gasteiger partial charge in [-0.2, -0.15) is 0 Å². The second-order valence-corrected chi connectivity index (χ2v) is 11.2. The minimum Gasteiger partial charge on any atom is -0.465 e. The molecule has 1 heterocycles. The molecule has 0 aliphatic heterocycles. The zero-order valence-corrected chi connectivity index (χ0v) is 23.6. The van der Waals surface area contributed by atoms with Crippen LogP contribution >= 0.6 is 0 Å². The Morgan fingerprint density at radius 1 is 0.950 bits per heavy atom. The summed E-state index contributed by atoms with van der Waals surface area (Å²) >= 11 is 0. The highest BCUT2D eigenvalue weighted by Crippen LogP contribution is 2.35. The normalized spacial score (nSPS) is 17.1. The Hall–Kier alpha value is -4.20. The molecule has 0 saturated heterocycles. The first-order chi connectivity index (χ1) is 19.0. The third-order valence-electron chi connectivity index (χ3n) is 7.93. The van der Waals surface area contributed by atoms with E-state index in [2.05, 4.69) is 15.6 Å². The van der Waals surface area contributed by atoms with Gasteiger partial charge in [-0.05, 0) is 73.8 Å². The molecule has 1 aliphatic rings. The maximum absolute atomic E-state index is 13.0. The van der Waals surface area contributed by atoms with Gasteiger partial charge in [0.1, 0.15) is 5.82 Å². The molecule has 1 fully saturated rings. The molecule has 0 unspecified atom stereocenters. The number of anilines is 1. The van der Waals surface area contributed by atoms with Gasteiger partial charge in [-0.25, -0.2) is 9.78 Å². The van der Waals surface area contributed by atoms with Crippen LogP contribution in [0.2, 0.25) is 0 Å². The molecule has 1 aromatic heterocycles. The first-order valence-electron chi connectivity index (χ1n) is 13.7. The van der Waals surface area contributed by atoms with Crippen LogP contribution < -0.4 is 10.6 Å². The van der Waals surface area contributed by atoms with Crippen molar-refractivity contribution < 1.29 is 19.5 Å². The van der Waals surface area contributed by atoms with Crippen LogP contribution in [0.4, 0.5) is 10.6 Å². The zero-order valence-electron chi connectivity index (χ0n) is 23.6. The topological polar surface area (TPSA) is 112 Å². The fraction of sp³-hybridized carbons (Fsp3) is 0.375. The van der Waals surface area contributed by atoms with Crippen LogP contribution in [0.15, 0.2) is 66.9 Å². The summed E-state index contributed by atoms with van der Waals surface area (Å²) in [6.45, 7) is 5.23. The maximum atomic E-state index is 13.0. The quantitative estimate of drug-likeness (QED) is 0.310. The van der Waals surface area contributed by atoms with Crippen molar-refractivity contribution in [1.29, 1.82) is 0 Å². The lowest BCUT2D eigenvalue weighted by Gasteiger charge is -2.34. The number of nitrogens with one attached hydrogen (secondary N) is 2. The van der Waals surface area contributed by atoms with Crippen molar-refractivity contribution in [2.24, 2.45) is 5.92 Å². The maximum Gasteiger partial charge on any atom is 0.405 e. The van der Waals surface area contributed by atoms with Gasteiger partial charge in [-0.1, -0.05) is 54.6 Å². The molecule has 210 valence electrons. The van der Waals surface area contributed by atoms with E-state index in [1.807, 2.05) is 86.5 Å². The number of carbonyl (C=O) groups excluding carboxylic acids is 2. The molecule has 8 nitrogen and oxygen atoms in total. The van der Waals surface area contributed by atoms with Crippen LogP contribution in [0.5, 0.6) is 0 Å². The first kappa shape index (κ1) is 28.8. The minimum absolute atomic E-state index is 0.0554. The Balaban J connectivity index is 1.50. The number of benzene rings is 2. The molecule has 2 aromatic carbocycles. The van der Waals surface area contributed by atoms with Gasteiger partial charge in [-0.3, -0.25) is 9.59 Å². The molecule has 1 aliphatic carbocycles. The summed E-state index contributed by atoms with van der Waals surface area (Å²) in [6.07, 6.45) is 4.82. The van der Waals surface area contributed by atoms with Crippen molar-refractivity contribution in [3.05, 3.63) is 72.4 Å². The number of amides is 3. The van der Waals surface area contributed by atoms with E-state index in [0.29, 0.717) is 18.2 Å². The number of hydrogen-bond donors (Lipinski definition) is 3. The van der Waals surface area contributed by atoms with Crippen molar-refractivity contribution in [2.75, 3.05) is 12.4 Å². The smallest absolute Gasteiger partial charge is 0.405 e. The Kier molecular flexibility index (Phi) is 8.87. The zero-order chi connectivity index (χ0) is 28.9. The molecule has 0 bridgehead atoms. The van der Waals surface area contributed by atoms with Gasteiger partial charge in [-0.15, -0.1) is 0 Å². The van der Waals surface area contributed by atoms with Crippen molar-refractivity contribution in [3.63, 3.8) is 0 Å². The third kappa shape index (κ3) is 7.05. The van der Waals surface area contributed by atoms with Crippen molar-refractivity contribution in [3.8, 4) is 22.3 Å². The monoisotopic (exact) mass is 542 g/mol. The molecule has 3 aromatic rings. The van der Waals surface area contributed by atoms with Crippen LogP contribution in [-0.4, -0.2) is 46.0 Å². The average Bonchev–Trinajstić information content (AvgIpc) is 2.93. The number of aromatic nitrogens is 1. The van der Waals surface area contributed by atoms with E-state index in [1.54, 1.807) is 13.1 Å². The molecular weight excluding hydrogens is 504 g/mol. The van der Waals surface area contributed by atoms with Gasteiger partial charge < -0.3 is 20.6 Å². The van der Waals surface area contributed by atoms with E-state index in [9.17, 15) is 19.5 Å². The van der Waals surface area contributed by atoms with Gasteiger partial charge in [0.25, 0.3) is 0 Å². The van der Waals surface area contributed by atoms with E-state index < -0.39 is 11.6 Å². The predicted octanol–water partition coefficient (Wildman–Crippen LogP) is 6.28. The highest BCUT2D eigenvalue weighted by Gasteiger charge is 2.27. The molecule has 0 spiro atoms. The van der Waals surface area contributed by atoms with Crippen LogP contribution in [0.3, 0.4) is 0 Å². The Bertz CT molecular complexity index is 1350. The molecule has 8 heteroatoms. The summed E-state index contributed by atoms with van der Waals surface area (Å²) in [7, 11) is 1.85. The lowest BCUT2D eigenvalue weighted by atomic mass is 9.83. The van der Waals surface area contributed by atoms with Gasteiger partial charge in [0.15, 0.2) is 0 Å². The third-order valence-corrected chi connectivity index (χ3v) is 7.93. The number of nitrogens with zero attached hydrogens (tertiary/aromatic N) is 2. The van der Waals surface area contributed by atoms with E-state index in [0.717, 1.165) is 53.5 Å². The van der Waals surface area contributed by atoms with E-state index in [1.165, 1.54) is 0 Å². The molecule has 4 rings (SSSR count). The van der Waals surface area contributed by atoms with E-state index >= 15 is 0 Å². The van der Waals surface area contributed by atoms with Crippen LogP contribution in [0.25, 0.3) is 22.3 Å². The largest absolute Gasteiger partial charge is 0.465 e. The standard InChI is InChI=1S/C32H38N4O4/c1-21(37)36(4)26-16-10-22(11-17-26)18-30(38)34-29-19-27(23-8-6-5-7-9-23)28(20-33-29)24-12-14-25(15-13-24)32(2,3)35-31(39)40/h5-9,12-15,19-20,22,26,35H,10-11,16-18H2,1-4H3,(H,39,40)(H,33,34,38)/t22-,26-. The molecule has 3 N–H and O–H groups in total. The number of rotatable bonds is 8. The Labute approximate surface area is 235 Å². The number of carbonyl (C=O) groups is 3. The highest BCUT2D eigenvalue weighted by molar-refractivity contribution is 5.92. The minimum atomic E-state index is -1.07. The van der Waals surface area contributed by atoms with Crippen LogP contribution in [0, 0.1) is 5.92 Å². The van der Waals surface area contributed by atoms with Crippen molar-refractivity contribution in [1.82, 2.24) is 15.2 Å². The van der Waals surface area contributed by atoms with Gasteiger partial charge >= 0.3 is 6.09 Å². The highest BCUT2D eigenvalue weighted by atomic mass is 16.4. The summed E-state index contributed by atoms with van der Waals surface area (Å²) in [5.74, 6) is 0.823. The fourth-order valence-corrected chi connectivity index (χ4v) is 5.47. The summed E-state index contributed by atoms with van der Waals surface area (Å²) in [5, 5.41) is 14.7. The molecular formula is C32H38N4O4. The van der Waals surface area contributed by atoms with Crippen LogP contribution in [0.1, 0.15) is 58.4 Å². The summed E-state index contributed by atoms with van der Waals surface area (Å²) in [4.78, 5) is 42.2. The molecule has 0 radical (unpaired) electrons. The van der Waals surface area contributed by atoms with Gasteiger partial charge in [0.2, 0.25) is 11.8 Å². The second kappa shape index (κ2) is 12.3. The first-order valence-corrected chi connectivity index (χ1v) is 13.7. The van der Waals surface area contributed by atoms with E-state index in [-0.39, 0.29) is 17.9 Å². The predicted molar refractivity (Wildman–Crippen MR) is 157 cm³/mol. The van der Waals surface area contributed by atoms with Crippen molar-refractivity contribution >= 4 is 23.7 Å². The summed E-state index contributed by atoms with van der Waals surface area (Å²) in [5.41, 5.74) is 3.90. The molecule has 3 amide bonds. The van der Waals surface area contributed by atoms with Gasteiger partial charge in [0.05, 0.1) is 5.54 Å². The van der Waals surface area contributed by atoms with Crippen LogP contribution in [-0.2, 0) is 15.1 Å². The molecule has 40 heavy (non-hydrogen) atoms. The average molecular weight is 543 g/mol. The molecule has 0 atom stereocenters. The summed E-state index contributed by atoms with van der Waals surface area (Å²) < 4.78 is 0. The fourth-order valence-electron chi connectivity index (χ4n) is 5.47. The van der Waals surface area contributed by atoms with Crippen molar-refractivity contribution in [2.45, 2.75) is 64.5 Å². The number of hydrogen-bond acceptors (Lipinski definition) is 4. The second-order valence-electron chi connectivity index (χ2n) is 11.2. The SMILES string of the molecule is CC(=O)N(C)[C@H]1CC[C@H](CC(=O)Nc2cc(-c3ccccc3)c(-c3ccc(C(C)(C)NC(=O)O)cc3)cn2)CC1. The van der Waals surface area contributed by atoms with E-state index in [4.69, 9.17) is 0 Å². The lowest BCUT2D eigenvalue weighted by molar-refractivity contribution is -0.130. The Morgan fingerprint density at radius 3 is 2.17 bits per heavy atom. The number of carboxylic acid groups (broad SMARTS) is 1.